The van der Waals surface area contributed by atoms with E-state index in [1.807, 2.05) is 14.0 Å². The largest absolute Gasteiger partial charge is 0.343 e. The highest BCUT2D eigenvalue weighted by atomic mass is 32.2. The zero-order valence-electron chi connectivity index (χ0n) is 22.4. The quantitative estimate of drug-likeness (QED) is 0.591. The zero-order chi connectivity index (χ0) is 25.9. The molecule has 2 heterocycles. The van der Waals surface area contributed by atoms with Crippen LogP contribution in [0.1, 0.15) is 90.0 Å². The fraction of sp³-hybridized carbons (Fsp3) is 0.607. The van der Waals surface area contributed by atoms with Crippen LogP contribution in [0.25, 0.3) is 11.3 Å². The van der Waals surface area contributed by atoms with E-state index < -0.39 is 10.0 Å². The second kappa shape index (κ2) is 8.77. The second-order valence-corrected chi connectivity index (χ2v) is 13.9. The molecule has 6 nitrogen and oxygen atoms in total. The molecule has 0 saturated heterocycles. The lowest BCUT2D eigenvalue weighted by Gasteiger charge is -2.41. The van der Waals surface area contributed by atoms with E-state index in [9.17, 15) is 13.2 Å². The summed E-state index contributed by atoms with van der Waals surface area (Å²) in [6, 6.07) is 6.09. The average Bonchev–Trinajstić information content (AvgIpc) is 3.08. The molecule has 1 aromatic carbocycles. The van der Waals surface area contributed by atoms with Crippen LogP contribution in [0.4, 0.5) is 5.69 Å². The van der Waals surface area contributed by atoms with Crippen LogP contribution in [0, 0.1) is 12.8 Å². The van der Waals surface area contributed by atoms with Crippen LogP contribution in [0.3, 0.4) is 0 Å². The standard InChI is InChI=1S/C28H41N3O3S/c1-18-24(35(29,33)34)15-23(31(18)17-19-11-9-8-10-12-19)20-13-21(27(2,3)4)26-22(14-20)28(5,6)16-25(32)30(26)7/h13-15,19H,8-12,16-17H2,1-7H3,(H2,29,33,34). The molecule has 1 saturated carbocycles. The van der Waals surface area contributed by atoms with E-state index in [1.54, 1.807) is 11.0 Å². The Bertz CT molecular complexity index is 1240. The van der Waals surface area contributed by atoms with Crippen molar-refractivity contribution in [2.75, 3.05) is 11.9 Å². The van der Waals surface area contributed by atoms with Crippen molar-refractivity contribution < 1.29 is 13.2 Å². The molecule has 192 valence electrons. The highest BCUT2D eigenvalue weighted by Gasteiger charge is 2.39. The van der Waals surface area contributed by atoms with Gasteiger partial charge in [-0.2, -0.15) is 0 Å². The van der Waals surface area contributed by atoms with Crippen molar-refractivity contribution in [3.8, 4) is 11.3 Å². The van der Waals surface area contributed by atoms with Gasteiger partial charge in [0.05, 0.1) is 5.69 Å². The van der Waals surface area contributed by atoms with Gasteiger partial charge in [-0.25, -0.2) is 13.6 Å². The van der Waals surface area contributed by atoms with Crippen molar-refractivity contribution in [2.45, 2.75) is 102 Å². The Balaban J connectivity index is 1.99. The van der Waals surface area contributed by atoms with E-state index in [0.29, 0.717) is 18.0 Å². The molecular weight excluding hydrogens is 458 g/mol. The number of fused-ring (bicyclic) bond motifs is 1. The summed E-state index contributed by atoms with van der Waals surface area (Å²) < 4.78 is 27.2. The highest BCUT2D eigenvalue weighted by Crippen LogP contribution is 2.47. The third-order valence-electron chi connectivity index (χ3n) is 8.04. The summed E-state index contributed by atoms with van der Waals surface area (Å²) in [6.07, 6.45) is 6.50. The maximum absolute atomic E-state index is 12.9. The van der Waals surface area contributed by atoms with Crippen molar-refractivity contribution >= 4 is 21.6 Å². The fourth-order valence-corrected chi connectivity index (χ4v) is 6.76. The van der Waals surface area contributed by atoms with Gasteiger partial charge in [-0.15, -0.1) is 0 Å². The molecule has 0 unspecified atom stereocenters. The van der Waals surface area contributed by atoms with Crippen LogP contribution < -0.4 is 10.0 Å². The Morgan fingerprint density at radius 3 is 2.29 bits per heavy atom. The number of hydrogen-bond donors (Lipinski definition) is 1. The van der Waals surface area contributed by atoms with Crippen LogP contribution in [0.5, 0.6) is 0 Å². The summed E-state index contributed by atoms with van der Waals surface area (Å²) in [7, 11) is -1.99. The van der Waals surface area contributed by atoms with Crippen LogP contribution in [-0.2, 0) is 32.2 Å². The van der Waals surface area contributed by atoms with Crippen molar-refractivity contribution in [3.05, 3.63) is 35.0 Å². The molecule has 0 bridgehead atoms. The smallest absolute Gasteiger partial charge is 0.239 e. The summed E-state index contributed by atoms with van der Waals surface area (Å²) >= 11 is 0. The topological polar surface area (TPSA) is 85.4 Å². The van der Waals surface area contributed by atoms with Crippen molar-refractivity contribution in [1.29, 1.82) is 0 Å². The first kappa shape index (κ1) is 26.0. The number of carbonyl (C=O) groups is 1. The predicted molar refractivity (Wildman–Crippen MR) is 142 cm³/mol. The number of benzene rings is 1. The highest BCUT2D eigenvalue weighted by molar-refractivity contribution is 7.89. The SMILES string of the molecule is Cc1c(S(N)(=O)=O)cc(-c2cc(C(C)(C)C)c3c(c2)C(C)(C)CC(=O)N3C)n1CC1CCCCC1. The third kappa shape index (κ3) is 4.82. The van der Waals surface area contributed by atoms with E-state index >= 15 is 0 Å². The summed E-state index contributed by atoms with van der Waals surface area (Å²) in [5.74, 6) is 0.649. The Hall–Kier alpha value is -2.12. The van der Waals surface area contributed by atoms with Gasteiger partial charge in [0.1, 0.15) is 4.90 Å². The van der Waals surface area contributed by atoms with Gasteiger partial charge in [-0.05, 0) is 66.0 Å². The van der Waals surface area contributed by atoms with Crippen LogP contribution in [-0.4, -0.2) is 25.9 Å². The number of nitrogens with zero attached hydrogens (tertiary/aromatic N) is 2. The number of aromatic nitrogens is 1. The van der Waals surface area contributed by atoms with E-state index in [4.69, 9.17) is 5.14 Å². The minimum Gasteiger partial charge on any atom is -0.343 e. The molecular formula is C28H41N3O3S. The second-order valence-electron chi connectivity index (χ2n) is 12.3. The molecule has 2 N–H and O–H groups in total. The molecule has 0 atom stereocenters. The van der Waals surface area contributed by atoms with Gasteiger partial charge in [0.25, 0.3) is 0 Å². The number of amides is 1. The molecule has 1 aliphatic carbocycles. The molecule has 1 amide bonds. The number of primary sulfonamides is 1. The molecule has 1 aliphatic heterocycles. The van der Waals surface area contributed by atoms with E-state index in [-0.39, 0.29) is 21.6 Å². The Kier molecular flexibility index (Phi) is 6.50. The number of hydrogen-bond acceptors (Lipinski definition) is 3. The maximum atomic E-state index is 12.9. The number of carbonyl (C=O) groups excluding carboxylic acids is 1. The Morgan fingerprint density at radius 2 is 1.71 bits per heavy atom. The number of sulfonamides is 1. The molecule has 4 rings (SSSR count). The third-order valence-corrected chi connectivity index (χ3v) is 9.06. The average molecular weight is 500 g/mol. The van der Waals surface area contributed by atoms with E-state index in [1.165, 1.54) is 32.1 Å². The fourth-order valence-electron chi connectivity index (χ4n) is 5.96. The minimum atomic E-state index is -3.85. The molecule has 0 radical (unpaired) electrons. The number of nitrogens with two attached hydrogens (primary N) is 1. The lowest BCUT2D eigenvalue weighted by atomic mass is 9.72. The predicted octanol–water partition coefficient (Wildman–Crippen LogP) is 5.63. The molecule has 35 heavy (non-hydrogen) atoms. The van der Waals surface area contributed by atoms with E-state index in [0.717, 1.165) is 34.6 Å². The molecule has 7 heteroatoms. The van der Waals surface area contributed by atoms with Gasteiger partial charge >= 0.3 is 0 Å². The summed E-state index contributed by atoms with van der Waals surface area (Å²) in [4.78, 5) is 14.9. The molecule has 1 fully saturated rings. The minimum absolute atomic E-state index is 0.119. The van der Waals surface area contributed by atoms with Gasteiger partial charge in [0, 0.05) is 36.8 Å². The summed E-state index contributed by atoms with van der Waals surface area (Å²) in [5, 5.41) is 5.65. The lowest BCUT2D eigenvalue weighted by Crippen LogP contribution is -2.41. The van der Waals surface area contributed by atoms with Gasteiger partial charge in [-0.1, -0.05) is 53.9 Å². The van der Waals surface area contributed by atoms with Gasteiger partial charge < -0.3 is 9.47 Å². The molecule has 2 aliphatic rings. The van der Waals surface area contributed by atoms with Gasteiger partial charge in [0.15, 0.2) is 0 Å². The summed E-state index contributed by atoms with van der Waals surface area (Å²) in [5.41, 5.74) is 5.25. The number of anilines is 1. The van der Waals surface area contributed by atoms with Crippen LogP contribution in [0.2, 0.25) is 0 Å². The Morgan fingerprint density at radius 1 is 1.09 bits per heavy atom. The molecule has 0 spiro atoms. The normalized spacial score (nSPS) is 19.2. The van der Waals surface area contributed by atoms with Gasteiger partial charge in [0.2, 0.25) is 15.9 Å². The van der Waals surface area contributed by atoms with Crippen molar-refractivity contribution in [3.63, 3.8) is 0 Å². The number of rotatable bonds is 4. The van der Waals surface area contributed by atoms with E-state index in [2.05, 4.69) is 51.3 Å². The monoisotopic (exact) mass is 499 g/mol. The Labute approximate surface area is 210 Å². The van der Waals surface area contributed by atoms with Crippen molar-refractivity contribution in [2.24, 2.45) is 11.1 Å². The summed E-state index contributed by atoms with van der Waals surface area (Å²) in [6.45, 7) is 13.4. The maximum Gasteiger partial charge on any atom is 0.239 e. The van der Waals surface area contributed by atoms with Crippen molar-refractivity contribution in [1.82, 2.24) is 4.57 Å². The first-order valence-corrected chi connectivity index (χ1v) is 14.3. The zero-order valence-corrected chi connectivity index (χ0v) is 23.2. The molecule has 2 aromatic rings. The lowest BCUT2D eigenvalue weighted by molar-refractivity contribution is -0.119. The molecule has 1 aromatic heterocycles. The van der Waals surface area contributed by atoms with Crippen LogP contribution >= 0.6 is 0 Å². The first-order valence-electron chi connectivity index (χ1n) is 12.8. The van der Waals surface area contributed by atoms with Crippen LogP contribution in [0.15, 0.2) is 23.1 Å². The first-order chi connectivity index (χ1) is 16.1. The van der Waals surface area contributed by atoms with Gasteiger partial charge in [-0.3, -0.25) is 4.79 Å².